The van der Waals surface area contributed by atoms with Gasteiger partial charge < -0.3 is 14.5 Å². The fourth-order valence-corrected chi connectivity index (χ4v) is 2.83. The number of carbonyl (C=O) groups is 1. The lowest BCUT2D eigenvalue weighted by Crippen LogP contribution is -2.11. The summed E-state index contributed by atoms with van der Waals surface area (Å²) < 4.78 is 11.0. The number of furan rings is 1. The van der Waals surface area contributed by atoms with E-state index in [2.05, 4.69) is 5.32 Å². The van der Waals surface area contributed by atoms with E-state index in [1.807, 2.05) is 54.6 Å². The van der Waals surface area contributed by atoms with Crippen LogP contribution >= 0.6 is 0 Å². The van der Waals surface area contributed by atoms with Crippen LogP contribution in [0.25, 0.3) is 21.7 Å². The number of ether oxygens (including phenoxy) is 1. The highest BCUT2D eigenvalue weighted by Gasteiger charge is 2.15. The maximum Gasteiger partial charge on any atom is 0.291 e. The van der Waals surface area contributed by atoms with Crippen LogP contribution < -0.4 is 10.1 Å². The summed E-state index contributed by atoms with van der Waals surface area (Å²) in [4.78, 5) is 12.6. The summed E-state index contributed by atoms with van der Waals surface area (Å²) in [6.45, 7) is 0. The van der Waals surface area contributed by atoms with E-state index in [-0.39, 0.29) is 11.7 Å². The molecule has 0 aliphatic heterocycles. The van der Waals surface area contributed by atoms with E-state index in [9.17, 15) is 4.79 Å². The highest BCUT2D eigenvalue weighted by atomic mass is 16.5. The number of methoxy groups -OCH3 is 1. The van der Waals surface area contributed by atoms with Crippen LogP contribution in [0.2, 0.25) is 0 Å². The van der Waals surface area contributed by atoms with Crippen molar-refractivity contribution < 1.29 is 13.9 Å². The maximum atomic E-state index is 12.6. The Bertz CT molecular complexity index is 1040. The minimum absolute atomic E-state index is 0.252. The number of nitrogens with one attached hydrogen (secondary N) is 1. The molecule has 0 unspecified atom stereocenters. The SMILES string of the molecule is COc1cccc2cc(C(=O)Nc3cccc4ccccc34)oc12. The maximum absolute atomic E-state index is 12.6. The molecule has 4 heteroatoms. The largest absolute Gasteiger partial charge is 0.493 e. The summed E-state index contributed by atoms with van der Waals surface area (Å²) in [6, 6.07) is 21.0. The van der Waals surface area contributed by atoms with Gasteiger partial charge in [-0.3, -0.25) is 4.79 Å². The Morgan fingerprint density at radius 3 is 2.58 bits per heavy atom. The van der Waals surface area contributed by atoms with Crippen LogP contribution in [-0.2, 0) is 0 Å². The monoisotopic (exact) mass is 317 g/mol. The lowest BCUT2D eigenvalue weighted by atomic mass is 10.1. The number of benzene rings is 3. The molecule has 0 fully saturated rings. The van der Waals surface area contributed by atoms with Gasteiger partial charge in [0.1, 0.15) is 0 Å². The lowest BCUT2D eigenvalue weighted by molar-refractivity contribution is 0.0998. The first-order valence-electron chi connectivity index (χ1n) is 7.62. The van der Waals surface area contributed by atoms with E-state index in [0.717, 1.165) is 21.8 Å². The molecule has 0 radical (unpaired) electrons. The minimum Gasteiger partial charge on any atom is -0.493 e. The van der Waals surface area contributed by atoms with Gasteiger partial charge in [-0.05, 0) is 23.6 Å². The Morgan fingerprint density at radius 1 is 0.958 bits per heavy atom. The normalized spacial score (nSPS) is 10.9. The number of para-hydroxylation sites is 1. The van der Waals surface area contributed by atoms with Crippen LogP contribution in [0.15, 0.2) is 71.1 Å². The summed E-state index contributed by atoms with van der Waals surface area (Å²) in [5.74, 6) is 0.573. The van der Waals surface area contributed by atoms with Crippen molar-refractivity contribution in [2.75, 3.05) is 12.4 Å². The second-order valence-corrected chi connectivity index (χ2v) is 5.47. The van der Waals surface area contributed by atoms with Crippen LogP contribution in [0.3, 0.4) is 0 Å². The second kappa shape index (κ2) is 5.74. The van der Waals surface area contributed by atoms with Gasteiger partial charge in [-0.1, -0.05) is 48.5 Å². The quantitative estimate of drug-likeness (QED) is 0.588. The first kappa shape index (κ1) is 14.3. The number of hydrogen-bond donors (Lipinski definition) is 1. The summed E-state index contributed by atoms with van der Waals surface area (Å²) in [7, 11) is 1.58. The number of amides is 1. The molecule has 0 saturated heterocycles. The molecule has 1 N–H and O–H groups in total. The molecule has 0 bridgehead atoms. The van der Waals surface area contributed by atoms with Crippen LogP contribution in [0.5, 0.6) is 5.75 Å². The van der Waals surface area contributed by atoms with Crippen molar-refractivity contribution >= 4 is 33.3 Å². The van der Waals surface area contributed by atoms with E-state index >= 15 is 0 Å². The smallest absolute Gasteiger partial charge is 0.291 e. The van der Waals surface area contributed by atoms with Gasteiger partial charge in [-0.15, -0.1) is 0 Å². The van der Waals surface area contributed by atoms with Gasteiger partial charge >= 0.3 is 0 Å². The van der Waals surface area contributed by atoms with Gasteiger partial charge in [0, 0.05) is 16.5 Å². The van der Waals surface area contributed by atoms with E-state index in [1.165, 1.54) is 0 Å². The van der Waals surface area contributed by atoms with Gasteiger partial charge in [-0.2, -0.15) is 0 Å². The van der Waals surface area contributed by atoms with Gasteiger partial charge in [-0.25, -0.2) is 0 Å². The molecule has 0 atom stereocenters. The summed E-state index contributed by atoms with van der Waals surface area (Å²) in [6.07, 6.45) is 0. The van der Waals surface area contributed by atoms with Crippen LogP contribution in [-0.4, -0.2) is 13.0 Å². The van der Waals surface area contributed by atoms with Crippen LogP contribution in [0.1, 0.15) is 10.6 Å². The number of fused-ring (bicyclic) bond motifs is 2. The van der Waals surface area contributed by atoms with Gasteiger partial charge in [0.05, 0.1) is 7.11 Å². The first-order valence-corrected chi connectivity index (χ1v) is 7.62. The van der Waals surface area contributed by atoms with E-state index in [0.29, 0.717) is 11.3 Å². The number of anilines is 1. The van der Waals surface area contributed by atoms with Crippen molar-refractivity contribution in [2.45, 2.75) is 0 Å². The third-order valence-corrected chi connectivity index (χ3v) is 3.99. The molecule has 1 heterocycles. The standard InChI is InChI=1S/C20H15NO3/c1-23-17-11-5-8-14-12-18(24-19(14)17)20(22)21-16-10-4-7-13-6-2-3-9-15(13)16/h2-12H,1H3,(H,21,22). The molecule has 118 valence electrons. The molecule has 1 aromatic heterocycles. The highest BCUT2D eigenvalue weighted by molar-refractivity contribution is 6.09. The Hall–Kier alpha value is -3.27. The summed E-state index contributed by atoms with van der Waals surface area (Å²) in [5, 5.41) is 5.82. The average molecular weight is 317 g/mol. The molecular formula is C20H15NO3. The topological polar surface area (TPSA) is 51.5 Å². The third-order valence-electron chi connectivity index (χ3n) is 3.99. The zero-order chi connectivity index (χ0) is 16.5. The van der Waals surface area contributed by atoms with Crippen molar-refractivity contribution in [3.63, 3.8) is 0 Å². The molecule has 4 nitrogen and oxygen atoms in total. The summed E-state index contributed by atoms with van der Waals surface area (Å²) in [5.41, 5.74) is 1.33. The van der Waals surface area contributed by atoms with Crippen molar-refractivity contribution in [3.05, 3.63) is 72.5 Å². The second-order valence-electron chi connectivity index (χ2n) is 5.47. The molecule has 4 rings (SSSR count). The van der Waals surface area contributed by atoms with Crippen LogP contribution in [0.4, 0.5) is 5.69 Å². The van der Waals surface area contributed by atoms with E-state index in [1.54, 1.807) is 19.2 Å². The zero-order valence-corrected chi connectivity index (χ0v) is 13.1. The predicted octanol–water partition coefficient (Wildman–Crippen LogP) is 4.85. The molecule has 0 aliphatic carbocycles. The first-order chi connectivity index (χ1) is 11.8. The van der Waals surface area contributed by atoms with E-state index in [4.69, 9.17) is 9.15 Å². The number of carbonyl (C=O) groups excluding carboxylic acids is 1. The molecule has 0 aliphatic rings. The lowest BCUT2D eigenvalue weighted by Gasteiger charge is -2.07. The number of hydrogen-bond acceptors (Lipinski definition) is 3. The fourth-order valence-electron chi connectivity index (χ4n) is 2.83. The average Bonchev–Trinajstić information content (AvgIpc) is 3.06. The molecule has 3 aromatic carbocycles. The predicted molar refractivity (Wildman–Crippen MR) is 94.7 cm³/mol. The molecule has 24 heavy (non-hydrogen) atoms. The Kier molecular flexibility index (Phi) is 3.43. The minimum atomic E-state index is -0.287. The molecule has 0 spiro atoms. The van der Waals surface area contributed by atoms with Crippen molar-refractivity contribution in [1.29, 1.82) is 0 Å². The Balaban J connectivity index is 1.71. The van der Waals surface area contributed by atoms with E-state index < -0.39 is 0 Å². The van der Waals surface area contributed by atoms with Crippen LogP contribution in [0, 0.1) is 0 Å². The van der Waals surface area contributed by atoms with Gasteiger partial charge in [0.25, 0.3) is 5.91 Å². The molecule has 1 amide bonds. The number of rotatable bonds is 3. The Labute approximate surface area is 138 Å². The fraction of sp³-hybridized carbons (Fsp3) is 0.0500. The molecule has 0 saturated carbocycles. The molecular weight excluding hydrogens is 302 g/mol. The van der Waals surface area contributed by atoms with Gasteiger partial charge in [0.15, 0.2) is 17.1 Å². The zero-order valence-electron chi connectivity index (χ0n) is 13.1. The van der Waals surface area contributed by atoms with Crippen molar-refractivity contribution in [1.82, 2.24) is 0 Å². The van der Waals surface area contributed by atoms with Gasteiger partial charge in [0.2, 0.25) is 0 Å². The summed E-state index contributed by atoms with van der Waals surface area (Å²) >= 11 is 0. The molecule has 4 aromatic rings. The highest BCUT2D eigenvalue weighted by Crippen LogP contribution is 2.29. The third kappa shape index (κ3) is 2.38. The Morgan fingerprint density at radius 2 is 1.71 bits per heavy atom. The van der Waals surface area contributed by atoms with Crippen molar-refractivity contribution in [2.24, 2.45) is 0 Å². The van der Waals surface area contributed by atoms with Crippen molar-refractivity contribution in [3.8, 4) is 5.75 Å².